The zero-order chi connectivity index (χ0) is 26.9. The van der Waals surface area contributed by atoms with Crippen LogP contribution < -0.4 is 21.1 Å². The number of nitrogens with zero attached hydrogens (tertiary/aromatic N) is 2. The number of rotatable bonds is 10. The zero-order valence-electron chi connectivity index (χ0n) is 21.1. The molecule has 0 bridgehead atoms. The van der Waals surface area contributed by atoms with Crippen molar-refractivity contribution >= 4 is 40.9 Å². The maximum atomic E-state index is 12.9. The number of methoxy groups -OCH3 is 2. The quantitative estimate of drug-likeness (QED) is 0.390. The van der Waals surface area contributed by atoms with E-state index < -0.39 is 5.91 Å². The van der Waals surface area contributed by atoms with Gasteiger partial charge in [0.2, 0.25) is 11.8 Å². The first-order valence-electron chi connectivity index (χ1n) is 11.8. The number of hydrogen-bond donors (Lipinski definition) is 3. The van der Waals surface area contributed by atoms with E-state index in [1.54, 1.807) is 38.3 Å². The van der Waals surface area contributed by atoms with Gasteiger partial charge in [0, 0.05) is 25.9 Å². The first-order chi connectivity index (χ1) is 17.7. The lowest BCUT2D eigenvalue weighted by Gasteiger charge is -2.37. The molecule has 11 nitrogen and oxygen atoms in total. The number of likely N-dealkylation sites (tertiary alicyclic amines) is 1. The Morgan fingerprint density at radius 1 is 1.22 bits per heavy atom. The zero-order valence-corrected chi connectivity index (χ0v) is 21.8. The van der Waals surface area contributed by atoms with E-state index in [9.17, 15) is 14.4 Å². The smallest absolute Gasteiger partial charge is 0.310 e. The molecule has 1 aromatic heterocycles. The number of pyridine rings is 1. The largest absolute Gasteiger partial charge is 0.480 e. The Morgan fingerprint density at radius 2 is 1.95 bits per heavy atom. The minimum absolute atomic E-state index is 0.0732. The fourth-order valence-electron chi connectivity index (χ4n) is 4.07. The summed E-state index contributed by atoms with van der Waals surface area (Å²) >= 11 is 6.04. The summed E-state index contributed by atoms with van der Waals surface area (Å²) in [7, 11) is 2.96. The van der Waals surface area contributed by atoms with Gasteiger partial charge in [-0.3, -0.25) is 19.3 Å². The van der Waals surface area contributed by atoms with Crippen LogP contribution in [0, 0.1) is 0 Å². The Balaban J connectivity index is 1.53. The molecule has 1 aromatic carbocycles. The lowest BCUT2D eigenvalue weighted by Crippen LogP contribution is -2.55. The van der Waals surface area contributed by atoms with Crippen molar-refractivity contribution in [1.29, 1.82) is 0 Å². The highest BCUT2D eigenvalue weighted by molar-refractivity contribution is 6.33. The average Bonchev–Trinajstić information content (AvgIpc) is 2.87. The summed E-state index contributed by atoms with van der Waals surface area (Å²) in [6, 6.07) is 8.19. The summed E-state index contributed by atoms with van der Waals surface area (Å²) in [5.74, 6) is -0.723. The maximum Gasteiger partial charge on any atom is 0.310 e. The van der Waals surface area contributed by atoms with Crippen molar-refractivity contribution in [1.82, 2.24) is 15.2 Å². The minimum atomic E-state index is -0.407. The molecule has 1 aliphatic rings. The number of carbonyl (C=O) groups excluding carboxylic acids is 3. The van der Waals surface area contributed by atoms with Crippen LogP contribution >= 0.6 is 11.6 Å². The van der Waals surface area contributed by atoms with Crippen LogP contribution in [-0.2, 0) is 25.5 Å². The SMILES string of the molecule is CCOC(=O)Cc1ccc(NC(=O)CN2CC[C@@H](NC(=O)c3cc(Cl)c(N)nc3OC)[C@@H](OC)C2)cc1. The number of hydrogen-bond acceptors (Lipinski definition) is 9. The normalized spacial score (nSPS) is 17.6. The Hall–Kier alpha value is -3.41. The van der Waals surface area contributed by atoms with Gasteiger partial charge in [0.15, 0.2) is 0 Å². The van der Waals surface area contributed by atoms with Crippen molar-refractivity contribution < 1.29 is 28.6 Å². The molecular formula is C25H32ClN5O6. The van der Waals surface area contributed by atoms with Gasteiger partial charge in [0.25, 0.3) is 5.91 Å². The summed E-state index contributed by atoms with van der Waals surface area (Å²) in [4.78, 5) is 43.1. The monoisotopic (exact) mass is 533 g/mol. The van der Waals surface area contributed by atoms with Crippen molar-refractivity contribution in [3.05, 3.63) is 46.5 Å². The maximum absolute atomic E-state index is 12.9. The van der Waals surface area contributed by atoms with Crippen molar-refractivity contribution in [2.24, 2.45) is 0 Å². The van der Waals surface area contributed by atoms with Crippen molar-refractivity contribution in [2.75, 3.05) is 51.5 Å². The van der Waals surface area contributed by atoms with Crippen LogP contribution in [0.25, 0.3) is 0 Å². The standard InChI is InChI=1S/C25H32ClN5O6/c1-4-37-22(33)11-15-5-7-16(8-6-15)28-21(32)14-31-10-9-19(20(13-31)35-2)29-24(34)17-12-18(26)23(27)30-25(17)36-3/h5-8,12,19-20H,4,9-11,13-14H2,1-3H3,(H2,27,30)(H,28,32)(H,29,34)/t19-,20+/m1/s1. The van der Waals surface area contributed by atoms with Crippen LogP contribution in [0.1, 0.15) is 29.3 Å². The fourth-order valence-corrected chi connectivity index (χ4v) is 4.22. The van der Waals surface area contributed by atoms with E-state index >= 15 is 0 Å². The van der Waals surface area contributed by atoms with Crippen LogP contribution in [0.15, 0.2) is 30.3 Å². The number of nitrogens with two attached hydrogens (primary N) is 1. The van der Waals surface area contributed by atoms with E-state index in [1.807, 2.05) is 4.90 Å². The van der Waals surface area contributed by atoms with E-state index in [1.165, 1.54) is 13.2 Å². The molecule has 3 rings (SSSR count). The molecule has 0 radical (unpaired) electrons. The second-order valence-corrected chi connectivity index (χ2v) is 8.92. The number of nitrogens with one attached hydrogen (secondary N) is 2. The number of piperidine rings is 1. The van der Waals surface area contributed by atoms with E-state index in [0.29, 0.717) is 31.8 Å². The Morgan fingerprint density at radius 3 is 2.59 bits per heavy atom. The van der Waals surface area contributed by atoms with Crippen LogP contribution in [0.3, 0.4) is 0 Å². The summed E-state index contributed by atoms with van der Waals surface area (Å²) in [5.41, 5.74) is 7.31. The van der Waals surface area contributed by atoms with E-state index in [-0.39, 0.29) is 59.3 Å². The number of benzene rings is 1. The van der Waals surface area contributed by atoms with E-state index in [0.717, 1.165) is 5.56 Å². The minimum Gasteiger partial charge on any atom is -0.480 e. The molecule has 1 fully saturated rings. The molecule has 12 heteroatoms. The summed E-state index contributed by atoms with van der Waals surface area (Å²) in [6.07, 6.45) is 0.412. The molecule has 2 atom stereocenters. The number of anilines is 2. The molecule has 2 aromatic rings. The van der Waals surface area contributed by atoms with Gasteiger partial charge in [0.05, 0.1) is 43.9 Å². The molecule has 1 saturated heterocycles. The van der Waals surface area contributed by atoms with Crippen molar-refractivity contribution in [3.63, 3.8) is 0 Å². The highest BCUT2D eigenvalue weighted by Gasteiger charge is 2.32. The number of carbonyl (C=O) groups is 3. The molecular weight excluding hydrogens is 502 g/mol. The second-order valence-electron chi connectivity index (χ2n) is 8.52. The molecule has 2 heterocycles. The van der Waals surface area contributed by atoms with Crippen LogP contribution in [0.2, 0.25) is 5.02 Å². The van der Waals surface area contributed by atoms with Gasteiger partial charge in [-0.05, 0) is 37.1 Å². The number of ether oxygens (including phenoxy) is 3. The van der Waals surface area contributed by atoms with Gasteiger partial charge in [-0.1, -0.05) is 23.7 Å². The van der Waals surface area contributed by atoms with Crippen LogP contribution in [-0.4, -0.2) is 80.3 Å². The number of nitrogen functional groups attached to an aromatic ring is 1. The van der Waals surface area contributed by atoms with Gasteiger partial charge in [-0.2, -0.15) is 4.98 Å². The third-order valence-electron chi connectivity index (χ3n) is 5.93. The summed E-state index contributed by atoms with van der Waals surface area (Å²) in [6.45, 7) is 3.29. The number of esters is 1. The predicted molar refractivity (Wildman–Crippen MR) is 139 cm³/mol. The van der Waals surface area contributed by atoms with E-state index in [4.69, 9.17) is 31.5 Å². The Labute approximate surface area is 220 Å². The number of aromatic nitrogens is 1. The first kappa shape index (κ1) is 28.2. The van der Waals surface area contributed by atoms with Gasteiger partial charge in [0.1, 0.15) is 11.4 Å². The van der Waals surface area contributed by atoms with Gasteiger partial charge in [-0.15, -0.1) is 0 Å². The van der Waals surface area contributed by atoms with Crippen molar-refractivity contribution in [2.45, 2.75) is 31.9 Å². The molecule has 0 spiro atoms. The number of halogens is 1. The highest BCUT2D eigenvalue weighted by Crippen LogP contribution is 2.25. The average molecular weight is 534 g/mol. The predicted octanol–water partition coefficient (Wildman–Crippen LogP) is 1.89. The molecule has 2 amide bonds. The fraction of sp³-hybridized carbons (Fsp3) is 0.440. The molecule has 4 N–H and O–H groups in total. The Kier molecular flexibility index (Phi) is 10.1. The van der Waals surface area contributed by atoms with Crippen molar-refractivity contribution in [3.8, 4) is 5.88 Å². The van der Waals surface area contributed by atoms with Crippen LogP contribution in [0.4, 0.5) is 11.5 Å². The van der Waals surface area contributed by atoms with Gasteiger partial charge < -0.3 is 30.6 Å². The van der Waals surface area contributed by atoms with Gasteiger partial charge in [-0.25, -0.2) is 0 Å². The lowest BCUT2D eigenvalue weighted by molar-refractivity contribution is -0.142. The first-order valence-corrected chi connectivity index (χ1v) is 12.2. The second kappa shape index (κ2) is 13.2. The molecule has 200 valence electrons. The van der Waals surface area contributed by atoms with E-state index in [2.05, 4.69) is 15.6 Å². The third-order valence-corrected chi connectivity index (χ3v) is 6.23. The molecule has 0 unspecified atom stereocenters. The van der Waals surface area contributed by atoms with Crippen LogP contribution in [0.5, 0.6) is 5.88 Å². The molecule has 1 aliphatic heterocycles. The molecule has 37 heavy (non-hydrogen) atoms. The summed E-state index contributed by atoms with van der Waals surface area (Å²) in [5, 5.41) is 5.97. The third kappa shape index (κ3) is 7.78. The molecule has 0 saturated carbocycles. The Bertz CT molecular complexity index is 1110. The molecule has 0 aliphatic carbocycles. The van der Waals surface area contributed by atoms with Gasteiger partial charge >= 0.3 is 5.97 Å². The number of amides is 2. The summed E-state index contributed by atoms with van der Waals surface area (Å²) < 4.78 is 15.7. The topological polar surface area (TPSA) is 145 Å². The lowest BCUT2D eigenvalue weighted by atomic mass is 10.0. The highest BCUT2D eigenvalue weighted by atomic mass is 35.5.